The lowest BCUT2D eigenvalue weighted by Gasteiger charge is -2.24. The standard InChI is InChI=1S/C22H25Cl2N3O3/c1-2-3-12-30-21-15(6-4-10-25-21)14-26-20(28)19-7-5-11-27(19)22(29)17-13-16(23)8-9-18(17)24/h4,6,8-10,13,19H,2-3,5,7,11-12,14H2,1H3,(H,26,28). The van der Waals surface area contributed by atoms with Gasteiger partial charge < -0.3 is 15.0 Å². The van der Waals surface area contributed by atoms with Gasteiger partial charge in [0.05, 0.1) is 17.2 Å². The Kier molecular flexibility index (Phi) is 7.94. The third-order valence-corrected chi connectivity index (χ3v) is 5.58. The maximum absolute atomic E-state index is 13.0. The second-order valence-electron chi connectivity index (χ2n) is 7.17. The van der Waals surface area contributed by atoms with Gasteiger partial charge in [-0.05, 0) is 43.5 Å². The molecule has 0 radical (unpaired) electrons. The van der Waals surface area contributed by atoms with E-state index < -0.39 is 6.04 Å². The number of amides is 2. The van der Waals surface area contributed by atoms with E-state index in [1.807, 2.05) is 6.07 Å². The van der Waals surface area contributed by atoms with Gasteiger partial charge >= 0.3 is 0 Å². The number of hydrogen-bond acceptors (Lipinski definition) is 4. The number of nitrogens with zero attached hydrogens (tertiary/aromatic N) is 2. The van der Waals surface area contributed by atoms with Gasteiger partial charge in [-0.15, -0.1) is 0 Å². The van der Waals surface area contributed by atoms with Crippen molar-refractivity contribution in [3.8, 4) is 5.88 Å². The summed E-state index contributed by atoms with van der Waals surface area (Å²) in [6.07, 6.45) is 4.98. The molecule has 0 spiro atoms. The van der Waals surface area contributed by atoms with Gasteiger partial charge in [-0.3, -0.25) is 9.59 Å². The Labute approximate surface area is 186 Å². The molecule has 2 aromatic rings. The number of nitrogens with one attached hydrogen (secondary N) is 1. The lowest BCUT2D eigenvalue weighted by Crippen LogP contribution is -2.45. The lowest BCUT2D eigenvalue weighted by molar-refractivity contribution is -0.125. The van der Waals surface area contributed by atoms with E-state index in [2.05, 4.69) is 17.2 Å². The minimum atomic E-state index is -0.548. The number of carbonyl (C=O) groups is 2. The maximum atomic E-state index is 13.0. The van der Waals surface area contributed by atoms with E-state index >= 15 is 0 Å². The van der Waals surface area contributed by atoms with Gasteiger partial charge in [-0.1, -0.05) is 42.6 Å². The van der Waals surface area contributed by atoms with E-state index in [1.54, 1.807) is 29.3 Å². The monoisotopic (exact) mass is 449 g/mol. The van der Waals surface area contributed by atoms with Crippen LogP contribution in [0.1, 0.15) is 48.5 Å². The average molecular weight is 450 g/mol. The average Bonchev–Trinajstić information content (AvgIpc) is 3.24. The van der Waals surface area contributed by atoms with Crippen LogP contribution in [0.25, 0.3) is 0 Å². The van der Waals surface area contributed by atoms with Crippen LogP contribution in [-0.4, -0.2) is 40.9 Å². The van der Waals surface area contributed by atoms with Crippen LogP contribution in [0.2, 0.25) is 10.0 Å². The van der Waals surface area contributed by atoms with Crippen molar-refractivity contribution in [3.05, 3.63) is 57.7 Å². The second kappa shape index (κ2) is 10.6. The molecule has 1 aliphatic heterocycles. The van der Waals surface area contributed by atoms with Crippen molar-refractivity contribution in [2.75, 3.05) is 13.2 Å². The summed E-state index contributed by atoms with van der Waals surface area (Å²) < 4.78 is 5.72. The van der Waals surface area contributed by atoms with Crippen LogP contribution >= 0.6 is 23.2 Å². The number of ether oxygens (including phenoxy) is 1. The first-order chi connectivity index (χ1) is 14.5. The Balaban J connectivity index is 1.65. The summed E-state index contributed by atoms with van der Waals surface area (Å²) in [6.45, 7) is 3.45. The first-order valence-electron chi connectivity index (χ1n) is 10.1. The van der Waals surface area contributed by atoms with Crippen molar-refractivity contribution >= 4 is 35.0 Å². The molecule has 1 unspecified atom stereocenters. The number of likely N-dealkylation sites (tertiary alicyclic amines) is 1. The van der Waals surface area contributed by atoms with Gasteiger partial charge in [0.15, 0.2) is 0 Å². The zero-order chi connectivity index (χ0) is 21.5. The Morgan fingerprint density at radius 2 is 2.13 bits per heavy atom. The summed E-state index contributed by atoms with van der Waals surface area (Å²) in [7, 11) is 0. The predicted octanol–water partition coefficient (Wildman–Crippen LogP) is 4.49. The smallest absolute Gasteiger partial charge is 0.256 e. The summed E-state index contributed by atoms with van der Waals surface area (Å²) in [6, 6.07) is 7.88. The van der Waals surface area contributed by atoms with Crippen molar-refractivity contribution in [3.63, 3.8) is 0 Å². The van der Waals surface area contributed by atoms with E-state index in [-0.39, 0.29) is 18.4 Å². The SMILES string of the molecule is CCCCOc1ncccc1CNC(=O)C1CCCN1C(=O)c1cc(Cl)ccc1Cl. The number of rotatable bonds is 8. The van der Waals surface area contributed by atoms with Crippen LogP contribution in [-0.2, 0) is 11.3 Å². The third kappa shape index (κ3) is 5.43. The molecule has 1 aromatic carbocycles. The number of halogens is 2. The molecule has 0 bridgehead atoms. The normalized spacial score (nSPS) is 15.8. The molecule has 1 fully saturated rings. The molecule has 6 nitrogen and oxygen atoms in total. The third-order valence-electron chi connectivity index (χ3n) is 5.01. The first kappa shape index (κ1) is 22.4. The van der Waals surface area contributed by atoms with Gasteiger partial charge in [0.25, 0.3) is 5.91 Å². The molecule has 1 atom stereocenters. The highest BCUT2D eigenvalue weighted by Crippen LogP contribution is 2.26. The van der Waals surface area contributed by atoms with E-state index in [0.717, 1.165) is 24.8 Å². The zero-order valence-electron chi connectivity index (χ0n) is 16.9. The summed E-state index contributed by atoms with van der Waals surface area (Å²) >= 11 is 12.2. The van der Waals surface area contributed by atoms with E-state index in [4.69, 9.17) is 27.9 Å². The van der Waals surface area contributed by atoms with Crippen molar-refractivity contribution < 1.29 is 14.3 Å². The van der Waals surface area contributed by atoms with Crippen molar-refractivity contribution in [2.24, 2.45) is 0 Å². The molecular weight excluding hydrogens is 425 g/mol. The van der Waals surface area contributed by atoms with E-state index in [1.165, 1.54) is 6.07 Å². The fraction of sp³-hybridized carbons (Fsp3) is 0.409. The highest BCUT2D eigenvalue weighted by Gasteiger charge is 2.35. The molecule has 30 heavy (non-hydrogen) atoms. The number of pyridine rings is 1. The maximum Gasteiger partial charge on any atom is 0.256 e. The van der Waals surface area contributed by atoms with Crippen LogP contribution in [0.3, 0.4) is 0 Å². The van der Waals surface area contributed by atoms with Crippen LogP contribution < -0.4 is 10.1 Å². The molecule has 0 aliphatic carbocycles. The lowest BCUT2D eigenvalue weighted by atomic mass is 10.1. The van der Waals surface area contributed by atoms with Crippen molar-refractivity contribution in [1.29, 1.82) is 0 Å². The van der Waals surface area contributed by atoms with Gasteiger partial charge in [0, 0.05) is 29.9 Å². The van der Waals surface area contributed by atoms with Gasteiger partial charge in [-0.25, -0.2) is 4.98 Å². The Bertz CT molecular complexity index is 907. The van der Waals surface area contributed by atoms with Crippen LogP contribution in [0.15, 0.2) is 36.5 Å². The van der Waals surface area contributed by atoms with Crippen LogP contribution in [0.5, 0.6) is 5.88 Å². The Morgan fingerprint density at radius 1 is 1.30 bits per heavy atom. The molecule has 8 heteroatoms. The molecule has 1 aromatic heterocycles. The largest absolute Gasteiger partial charge is 0.477 e. The molecule has 0 saturated carbocycles. The number of benzene rings is 1. The van der Waals surface area contributed by atoms with Crippen LogP contribution in [0.4, 0.5) is 0 Å². The molecule has 2 amide bonds. The number of carbonyl (C=O) groups excluding carboxylic acids is 2. The minimum Gasteiger partial charge on any atom is -0.477 e. The molecule has 160 valence electrons. The van der Waals surface area contributed by atoms with Crippen LogP contribution in [0, 0.1) is 0 Å². The van der Waals surface area contributed by atoms with Gasteiger partial charge in [0.2, 0.25) is 11.8 Å². The molecule has 1 saturated heterocycles. The summed E-state index contributed by atoms with van der Waals surface area (Å²) in [5.41, 5.74) is 1.11. The number of hydrogen-bond donors (Lipinski definition) is 1. The molecule has 3 rings (SSSR count). The Morgan fingerprint density at radius 3 is 2.93 bits per heavy atom. The van der Waals surface area contributed by atoms with Crippen molar-refractivity contribution in [2.45, 2.75) is 45.2 Å². The summed E-state index contributed by atoms with van der Waals surface area (Å²) in [5.74, 6) is 0.0313. The number of unbranched alkanes of at least 4 members (excludes halogenated alkanes) is 1. The summed E-state index contributed by atoms with van der Waals surface area (Å²) in [5, 5.41) is 3.67. The van der Waals surface area contributed by atoms with Crippen molar-refractivity contribution in [1.82, 2.24) is 15.2 Å². The first-order valence-corrected chi connectivity index (χ1v) is 10.9. The zero-order valence-corrected chi connectivity index (χ0v) is 18.4. The number of aromatic nitrogens is 1. The fourth-order valence-corrected chi connectivity index (χ4v) is 3.77. The van der Waals surface area contributed by atoms with Gasteiger partial charge in [0.1, 0.15) is 6.04 Å². The molecular formula is C22H25Cl2N3O3. The quantitative estimate of drug-likeness (QED) is 0.602. The predicted molar refractivity (Wildman–Crippen MR) is 117 cm³/mol. The molecule has 1 aliphatic rings. The fourth-order valence-electron chi connectivity index (χ4n) is 3.40. The highest BCUT2D eigenvalue weighted by molar-refractivity contribution is 6.35. The van der Waals surface area contributed by atoms with Gasteiger partial charge in [-0.2, -0.15) is 0 Å². The topological polar surface area (TPSA) is 71.5 Å². The molecule has 2 heterocycles. The van der Waals surface area contributed by atoms with E-state index in [9.17, 15) is 9.59 Å². The Hall–Kier alpha value is -2.31. The minimum absolute atomic E-state index is 0.206. The highest BCUT2D eigenvalue weighted by atomic mass is 35.5. The molecule has 1 N–H and O–H groups in total. The van der Waals surface area contributed by atoms with E-state index in [0.29, 0.717) is 41.1 Å². The summed E-state index contributed by atoms with van der Waals surface area (Å²) in [4.78, 5) is 31.7. The second-order valence-corrected chi connectivity index (χ2v) is 8.01.